The molecule has 0 bridgehead atoms. The Balaban J connectivity index is 2.65. The van der Waals surface area contributed by atoms with Crippen LogP contribution >= 0.6 is 0 Å². The molecular weight excluding hydrogens is 238 g/mol. The number of carbonyl (C=O) groups excluding carboxylic acids is 1. The van der Waals surface area contributed by atoms with E-state index >= 15 is 0 Å². The highest BCUT2D eigenvalue weighted by Gasteiger charge is 2.22. The van der Waals surface area contributed by atoms with Gasteiger partial charge < -0.3 is 5.11 Å². The van der Waals surface area contributed by atoms with E-state index in [4.69, 9.17) is 9.94 Å². The lowest BCUT2D eigenvalue weighted by Gasteiger charge is -2.11. The maximum absolute atomic E-state index is 12.0. The third kappa shape index (κ3) is 1.80. The Morgan fingerprint density at radius 2 is 2.06 bits per heavy atom. The van der Waals surface area contributed by atoms with Crippen LogP contribution in [0.25, 0.3) is 10.9 Å². The molecule has 0 fully saturated rings. The molecule has 1 aromatic heterocycles. The van der Waals surface area contributed by atoms with Gasteiger partial charge in [0.2, 0.25) is 0 Å². The van der Waals surface area contributed by atoms with Crippen LogP contribution in [0, 0.1) is 0 Å². The molecule has 2 rings (SSSR count). The number of nitrogens with zero attached hydrogens (tertiary/aromatic N) is 3. The minimum atomic E-state index is -1.25. The van der Waals surface area contributed by atoms with E-state index in [-0.39, 0.29) is 5.69 Å². The summed E-state index contributed by atoms with van der Waals surface area (Å²) in [6, 6.07) is 6.61. The zero-order valence-electron chi connectivity index (χ0n) is 9.82. The van der Waals surface area contributed by atoms with Crippen molar-refractivity contribution in [3.8, 4) is 0 Å². The van der Waals surface area contributed by atoms with Crippen LogP contribution in [0.1, 0.15) is 10.5 Å². The van der Waals surface area contributed by atoms with Crippen molar-refractivity contribution in [3.63, 3.8) is 0 Å². The molecule has 18 heavy (non-hydrogen) atoms. The van der Waals surface area contributed by atoms with E-state index in [1.807, 2.05) is 0 Å². The van der Waals surface area contributed by atoms with Gasteiger partial charge in [-0.3, -0.25) is 9.63 Å². The molecule has 94 valence electrons. The molecule has 1 heterocycles. The molecule has 1 amide bonds. The third-order valence-corrected chi connectivity index (χ3v) is 2.53. The van der Waals surface area contributed by atoms with Crippen molar-refractivity contribution in [2.45, 2.75) is 0 Å². The highest BCUT2D eigenvalue weighted by Crippen LogP contribution is 2.19. The molecule has 1 aromatic carbocycles. The number of rotatable bonds is 2. The van der Waals surface area contributed by atoms with Crippen molar-refractivity contribution in [1.82, 2.24) is 14.8 Å². The SMILES string of the molecule is CON(C)C(=O)c1nn(C(=O)O)c2ccccc12. The molecule has 0 atom stereocenters. The van der Waals surface area contributed by atoms with Crippen LogP contribution in [0.2, 0.25) is 0 Å². The fraction of sp³-hybridized carbons (Fsp3) is 0.182. The van der Waals surface area contributed by atoms with Crippen LogP contribution in [0.4, 0.5) is 4.79 Å². The molecule has 2 aromatic rings. The summed E-state index contributed by atoms with van der Waals surface area (Å²) < 4.78 is 0.770. The minimum absolute atomic E-state index is 0.0392. The van der Waals surface area contributed by atoms with Crippen LogP contribution in [0.15, 0.2) is 24.3 Å². The summed E-state index contributed by atoms with van der Waals surface area (Å²) in [5.41, 5.74) is 0.398. The van der Waals surface area contributed by atoms with E-state index in [2.05, 4.69) is 5.10 Å². The quantitative estimate of drug-likeness (QED) is 0.808. The second-order valence-electron chi connectivity index (χ2n) is 3.55. The summed E-state index contributed by atoms with van der Waals surface area (Å²) in [5, 5.41) is 14.3. The van der Waals surface area contributed by atoms with Gasteiger partial charge in [0, 0.05) is 12.4 Å². The number of hydrogen-bond donors (Lipinski definition) is 1. The number of hydrogen-bond acceptors (Lipinski definition) is 4. The van der Waals surface area contributed by atoms with Crippen LogP contribution in [-0.2, 0) is 4.84 Å². The highest BCUT2D eigenvalue weighted by molar-refractivity contribution is 6.05. The molecule has 0 radical (unpaired) electrons. The van der Waals surface area contributed by atoms with E-state index in [1.54, 1.807) is 24.3 Å². The second kappa shape index (κ2) is 4.46. The van der Waals surface area contributed by atoms with Gasteiger partial charge in [0.25, 0.3) is 5.91 Å². The highest BCUT2D eigenvalue weighted by atomic mass is 16.7. The van der Waals surface area contributed by atoms with Crippen LogP contribution < -0.4 is 0 Å². The molecular formula is C11H11N3O4. The molecule has 7 nitrogen and oxygen atoms in total. The molecule has 1 N–H and O–H groups in total. The Labute approximate surface area is 102 Å². The van der Waals surface area contributed by atoms with Crippen molar-refractivity contribution in [1.29, 1.82) is 0 Å². The average molecular weight is 249 g/mol. The number of carboxylic acid groups (broad SMARTS) is 1. The number of amides is 1. The smallest absolute Gasteiger partial charge is 0.432 e. The van der Waals surface area contributed by atoms with Crippen molar-refractivity contribution in [2.75, 3.05) is 14.2 Å². The normalized spacial score (nSPS) is 10.6. The van der Waals surface area contributed by atoms with E-state index < -0.39 is 12.0 Å². The molecule has 7 heteroatoms. The fourth-order valence-electron chi connectivity index (χ4n) is 1.60. The summed E-state index contributed by atoms with van der Waals surface area (Å²) in [5.74, 6) is -0.506. The lowest BCUT2D eigenvalue weighted by molar-refractivity contribution is -0.0759. The first-order valence-electron chi connectivity index (χ1n) is 5.09. The molecule has 0 unspecified atom stereocenters. The standard InChI is InChI=1S/C11H11N3O4/c1-13(18-2)10(15)9-7-5-3-4-6-8(7)14(12-9)11(16)17/h3-6H,1-2H3,(H,16,17). The summed E-state index contributed by atoms with van der Waals surface area (Å²) >= 11 is 0. The van der Waals surface area contributed by atoms with Crippen molar-refractivity contribution in [3.05, 3.63) is 30.0 Å². The topological polar surface area (TPSA) is 84.7 Å². The van der Waals surface area contributed by atoms with Gasteiger partial charge in [-0.05, 0) is 6.07 Å². The summed E-state index contributed by atoms with van der Waals surface area (Å²) in [6.45, 7) is 0. The number of para-hydroxylation sites is 1. The first kappa shape index (κ1) is 12.1. The monoisotopic (exact) mass is 249 g/mol. The summed E-state index contributed by atoms with van der Waals surface area (Å²) in [6.07, 6.45) is -1.25. The lowest BCUT2D eigenvalue weighted by Crippen LogP contribution is -2.26. The predicted octanol–water partition coefficient (Wildman–Crippen LogP) is 1.20. The van der Waals surface area contributed by atoms with Gasteiger partial charge >= 0.3 is 6.09 Å². The van der Waals surface area contributed by atoms with Crippen LogP contribution in [0.5, 0.6) is 0 Å². The number of carbonyl (C=O) groups is 2. The first-order chi connectivity index (χ1) is 8.56. The molecule has 0 aliphatic carbocycles. The summed E-state index contributed by atoms with van der Waals surface area (Å²) in [7, 11) is 2.77. The van der Waals surface area contributed by atoms with Gasteiger partial charge in [-0.1, -0.05) is 18.2 Å². The van der Waals surface area contributed by atoms with E-state index in [1.165, 1.54) is 14.2 Å². The number of fused-ring (bicyclic) bond motifs is 1. The van der Waals surface area contributed by atoms with Crippen molar-refractivity contribution >= 4 is 22.9 Å². The Hall–Kier alpha value is -2.41. The Morgan fingerprint density at radius 1 is 1.39 bits per heavy atom. The molecule has 0 saturated carbocycles. The third-order valence-electron chi connectivity index (χ3n) is 2.53. The molecule has 0 saturated heterocycles. The molecule has 0 spiro atoms. The van der Waals surface area contributed by atoms with E-state index in [0.717, 1.165) is 9.75 Å². The Morgan fingerprint density at radius 3 is 2.67 bits per heavy atom. The maximum atomic E-state index is 12.0. The molecule has 0 aliphatic rings. The predicted molar refractivity (Wildman–Crippen MR) is 62.3 cm³/mol. The van der Waals surface area contributed by atoms with Crippen LogP contribution in [-0.4, -0.2) is 46.1 Å². The maximum Gasteiger partial charge on any atom is 0.432 e. The number of aromatic nitrogens is 2. The lowest BCUT2D eigenvalue weighted by atomic mass is 10.2. The van der Waals surface area contributed by atoms with Crippen molar-refractivity contribution in [2.24, 2.45) is 0 Å². The van der Waals surface area contributed by atoms with Gasteiger partial charge in [-0.15, -0.1) is 0 Å². The Kier molecular flexibility index (Phi) is 2.99. The minimum Gasteiger partial charge on any atom is -0.463 e. The zero-order chi connectivity index (χ0) is 13.3. The number of benzene rings is 1. The van der Waals surface area contributed by atoms with Gasteiger partial charge in [-0.25, -0.2) is 9.86 Å². The van der Waals surface area contributed by atoms with Gasteiger partial charge in [0.15, 0.2) is 5.69 Å². The Bertz CT molecular complexity index is 620. The van der Waals surface area contributed by atoms with Crippen LogP contribution in [0.3, 0.4) is 0 Å². The summed E-state index contributed by atoms with van der Waals surface area (Å²) in [4.78, 5) is 27.8. The molecule has 0 aliphatic heterocycles. The average Bonchev–Trinajstić information content (AvgIpc) is 2.76. The zero-order valence-corrected chi connectivity index (χ0v) is 9.82. The van der Waals surface area contributed by atoms with E-state index in [0.29, 0.717) is 10.9 Å². The largest absolute Gasteiger partial charge is 0.463 e. The second-order valence-corrected chi connectivity index (χ2v) is 3.55. The van der Waals surface area contributed by atoms with Gasteiger partial charge in [-0.2, -0.15) is 9.78 Å². The first-order valence-corrected chi connectivity index (χ1v) is 5.09. The fourth-order valence-corrected chi connectivity index (χ4v) is 1.60. The van der Waals surface area contributed by atoms with Crippen molar-refractivity contribution < 1.29 is 19.5 Å². The van der Waals surface area contributed by atoms with Gasteiger partial charge in [0.05, 0.1) is 12.6 Å². The van der Waals surface area contributed by atoms with Gasteiger partial charge in [0.1, 0.15) is 0 Å². The van der Waals surface area contributed by atoms with E-state index in [9.17, 15) is 9.59 Å². The number of hydroxylamine groups is 2.